The van der Waals surface area contributed by atoms with Crippen molar-refractivity contribution in [3.05, 3.63) is 82.9 Å². The summed E-state index contributed by atoms with van der Waals surface area (Å²) in [5.74, 6) is 0.0881. The van der Waals surface area contributed by atoms with Gasteiger partial charge in [-0.1, -0.05) is 30.4 Å². The minimum Gasteiger partial charge on any atom is -0.435 e. The van der Waals surface area contributed by atoms with E-state index < -0.39 is 6.61 Å². The molecule has 3 N–H and O–H groups in total. The molecule has 8 heteroatoms. The van der Waals surface area contributed by atoms with Crippen molar-refractivity contribution in [2.75, 3.05) is 13.1 Å². The second-order valence-corrected chi connectivity index (χ2v) is 7.89. The molecular weight excluding hydrogens is 426 g/mol. The van der Waals surface area contributed by atoms with Crippen molar-refractivity contribution >= 4 is 17.8 Å². The van der Waals surface area contributed by atoms with Crippen LogP contribution in [0.1, 0.15) is 33.3 Å². The normalized spacial score (nSPS) is 14.8. The fraction of sp³-hybridized carbons (Fsp3) is 0.280. The van der Waals surface area contributed by atoms with Crippen molar-refractivity contribution in [1.82, 2.24) is 10.2 Å². The highest BCUT2D eigenvalue weighted by molar-refractivity contribution is 5.79. The lowest BCUT2D eigenvalue weighted by atomic mass is 10.1. The Morgan fingerprint density at radius 3 is 2.45 bits per heavy atom. The zero-order valence-electron chi connectivity index (χ0n) is 19.4. The molecule has 33 heavy (non-hydrogen) atoms. The number of alkyl halides is 2. The molecule has 176 valence electrons. The third-order valence-corrected chi connectivity index (χ3v) is 4.84. The van der Waals surface area contributed by atoms with Gasteiger partial charge in [-0.05, 0) is 68.7 Å². The number of aliphatic imine (C=N–C) groups is 1. The van der Waals surface area contributed by atoms with Gasteiger partial charge in [-0.25, -0.2) is 4.79 Å². The fourth-order valence-corrected chi connectivity index (χ4v) is 2.91. The Bertz CT molecular complexity index is 1030. The van der Waals surface area contributed by atoms with Crippen molar-refractivity contribution in [2.24, 2.45) is 10.7 Å². The fourth-order valence-electron chi connectivity index (χ4n) is 2.91. The van der Waals surface area contributed by atoms with Gasteiger partial charge in [0.1, 0.15) is 5.75 Å². The second-order valence-electron chi connectivity index (χ2n) is 7.89. The summed E-state index contributed by atoms with van der Waals surface area (Å²) in [6, 6.07) is 5.97. The van der Waals surface area contributed by atoms with Gasteiger partial charge < -0.3 is 20.7 Å². The van der Waals surface area contributed by atoms with E-state index in [4.69, 9.17) is 5.73 Å². The number of nitrogens with one attached hydrogen (secondary N) is 1. The van der Waals surface area contributed by atoms with Gasteiger partial charge >= 0.3 is 12.6 Å². The Kier molecular flexibility index (Phi) is 9.15. The van der Waals surface area contributed by atoms with Crippen LogP contribution in [0.15, 0.2) is 82.3 Å². The highest BCUT2D eigenvalue weighted by Crippen LogP contribution is 2.21. The number of hydrogen-bond acceptors (Lipinski definition) is 4. The third-order valence-electron chi connectivity index (χ3n) is 4.84. The van der Waals surface area contributed by atoms with Gasteiger partial charge in [-0.3, -0.25) is 4.99 Å². The average Bonchev–Trinajstić information content (AvgIpc) is 3.12. The van der Waals surface area contributed by atoms with Gasteiger partial charge in [-0.2, -0.15) is 8.78 Å². The smallest absolute Gasteiger partial charge is 0.387 e. The van der Waals surface area contributed by atoms with Crippen molar-refractivity contribution in [3.63, 3.8) is 0 Å². The van der Waals surface area contributed by atoms with Crippen LogP contribution in [-0.2, 0) is 0 Å². The summed E-state index contributed by atoms with van der Waals surface area (Å²) in [7, 11) is 0. The first kappa shape index (κ1) is 25.6. The third kappa shape index (κ3) is 8.07. The van der Waals surface area contributed by atoms with Crippen LogP contribution in [0.5, 0.6) is 5.75 Å². The number of ether oxygens (including phenoxy) is 1. The number of nitrogens with two attached hydrogens (primary N) is 1. The number of rotatable bonds is 8. The molecule has 0 aliphatic carbocycles. The van der Waals surface area contributed by atoms with E-state index in [2.05, 4.69) is 21.6 Å². The average molecular weight is 457 g/mol. The maximum Gasteiger partial charge on any atom is 0.387 e. The number of nitrogens with zero attached hydrogens (tertiary/aromatic N) is 2. The van der Waals surface area contributed by atoms with Gasteiger partial charge in [0.2, 0.25) is 0 Å². The molecule has 0 atom stereocenters. The summed E-state index contributed by atoms with van der Waals surface area (Å²) >= 11 is 0. The molecule has 1 aliphatic heterocycles. The lowest BCUT2D eigenvalue weighted by Crippen LogP contribution is -2.39. The van der Waals surface area contributed by atoms with Gasteiger partial charge in [0.15, 0.2) is 0 Å². The summed E-state index contributed by atoms with van der Waals surface area (Å²) in [6.45, 7) is 9.65. The van der Waals surface area contributed by atoms with Crippen LogP contribution in [0.4, 0.5) is 13.6 Å². The summed E-state index contributed by atoms with van der Waals surface area (Å²) in [4.78, 5) is 18.7. The number of hydrogen-bond donors (Lipinski definition) is 2. The first-order valence-corrected chi connectivity index (χ1v) is 10.4. The van der Waals surface area contributed by atoms with Crippen molar-refractivity contribution in [1.29, 1.82) is 0 Å². The summed E-state index contributed by atoms with van der Waals surface area (Å²) in [6.07, 6.45) is 7.04. The van der Waals surface area contributed by atoms with Crippen LogP contribution in [-0.4, -0.2) is 36.8 Å². The monoisotopic (exact) mass is 456 g/mol. The van der Waals surface area contributed by atoms with Gasteiger partial charge in [-0.15, -0.1) is 0 Å². The van der Waals surface area contributed by atoms with Crippen molar-refractivity contribution in [2.45, 2.75) is 34.3 Å². The molecule has 0 saturated heterocycles. The Hall–Kier alpha value is -3.68. The number of allylic oxidation sites excluding steroid dienone is 5. The van der Waals surface area contributed by atoms with Crippen molar-refractivity contribution < 1.29 is 18.3 Å². The van der Waals surface area contributed by atoms with Gasteiger partial charge in [0, 0.05) is 12.8 Å². The van der Waals surface area contributed by atoms with E-state index in [1.165, 1.54) is 12.1 Å². The minimum atomic E-state index is -2.86. The predicted molar refractivity (Wildman–Crippen MR) is 129 cm³/mol. The van der Waals surface area contributed by atoms with E-state index in [0.717, 1.165) is 28.0 Å². The quantitative estimate of drug-likeness (QED) is 0.407. The van der Waals surface area contributed by atoms with E-state index in [1.807, 2.05) is 33.8 Å². The molecule has 0 saturated carbocycles. The number of amides is 2. The Morgan fingerprint density at radius 2 is 1.85 bits per heavy atom. The van der Waals surface area contributed by atoms with E-state index in [0.29, 0.717) is 18.8 Å². The second kappa shape index (κ2) is 11.8. The first-order valence-electron chi connectivity index (χ1n) is 10.4. The highest BCUT2D eigenvalue weighted by atomic mass is 19.3. The zero-order chi connectivity index (χ0) is 24.5. The minimum absolute atomic E-state index is 0.0881. The molecule has 1 aromatic rings. The molecule has 0 unspecified atom stereocenters. The lowest BCUT2D eigenvalue weighted by Gasteiger charge is -2.18. The number of halogens is 2. The van der Waals surface area contributed by atoms with Crippen LogP contribution in [0.2, 0.25) is 0 Å². The zero-order valence-corrected chi connectivity index (χ0v) is 19.4. The van der Waals surface area contributed by atoms with Crippen LogP contribution in [0.3, 0.4) is 0 Å². The summed E-state index contributed by atoms with van der Waals surface area (Å²) in [5.41, 5.74) is 11.3. The molecule has 1 heterocycles. The largest absolute Gasteiger partial charge is 0.435 e. The molecule has 2 amide bonds. The molecular formula is C25H30F2N4O2. The van der Waals surface area contributed by atoms with E-state index in [-0.39, 0.29) is 17.5 Å². The first-order chi connectivity index (χ1) is 15.6. The summed E-state index contributed by atoms with van der Waals surface area (Å²) in [5, 5.41) is 2.72. The Morgan fingerprint density at radius 1 is 1.18 bits per heavy atom. The lowest BCUT2D eigenvalue weighted by molar-refractivity contribution is -0.0498. The van der Waals surface area contributed by atoms with Gasteiger partial charge in [0.05, 0.1) is 23.6 Å². The molecule has 6 nitrogen and oxygen atoms in total. The molecule has 0 fully saturated rings. The number of carbonyl (C=O) groups is 1. The molecule has 0 radical (unpaired) electrons. The topological polar surface area (TPSA) is 80.0 Å². The number of carbonyl (C=O) groups excluding carboxylic acids is 1. The Labute approximate surface area is 193 Å². The highest BCUT2D eigenvalue weighted by Gasteiger charge is 2.23. The maximum absolute atomic E-state index is 12.6. The molecule has 2 rings (SSSR count). The van der Waals surface area contributed by atoms with E-state index in [1.54, 1.807) is 35.4 Å². The van der Waals surface area contributed by atoms with E-state index in [9.17, 15) is 13.6 Å². The molecule has 1 aromatic carbocycles. The molecule has 0 aromatic heterocycles. The Balaban J connectivity index is 1.94. The molecule has 1 aliphatic rings. The van der Waals surface area contributed by atoms with Crippen LogP contribution >= 0.6 is 0 Å². The SMILES string of the molecule is C=C(NC(=O)N1CC(C)=C(N=CC=C(C)C)C1)/C(N)=C\C=C(/C)c1ccc(OC(F)F)cc1. The molecule has 0 spiro atoms. The van der Waals surface area contributed by atoms with Crippen LogP contribution in [0.25, 0.3) is 5.57 Å². The molecule has 0 bridgehead atoms. The predicted octanol–water partition coefficient (Wildman–Crippen LogP) is 5.38. The standard InChI is InChI=1S/C25H30F2N4O2/c1-16(2)12-13-29-23-15-31(14-18(23)4)25(32)30-19(5)22(28)11-6-17(3)20-7-9-21(10-8-20)33-24(26)27/h6-13,24H,5,14-15,28H2,1-4H3,(H,30,32)/b17-6+,22-11+,29-13?. The number of urea groups is 1. The van der Waals surface area contributed by atoms with Crippen LogP contribution < -0.4 is 15.8 Å². The van der Waals surface area contributed by atoms with Crippen LogP contribution in [0, 0.1) is 0 Å². The van der Waals surface area contributed by atoms with Gasteiger partial charge in [0.25, 0.3) is 0 Å². The number of benzene rings is 1. The maximum atomic E-state index is 12.6. The van der Waals surface area contributed by atoms with E-state index >= 15 is 0 Å². The van der Waals surface area contributed by atoms with Crippen molar-refractivity contribution in [3.8, 4) is 5.75 Å². The summed E-state index contributed by atoms with van der Waals surface area (Å²) < 4.78 is 28.9.